The predicted octanol–water partition coefficient (Wildman–Crippen LogP) is 3.45. The van der Waals surface area contributed by atoms with Crippen LogP contribution in [-0.4, -0.2) is 29.9 Å². The SMILES string of the molecule is C=CCc1c(O)c(C(=O)OC)c(-c2ccco2)c2c1OC(C)(C)OC2=O. The first-order chi connectivity index (χ1) is 12.3. The summed E-state index contributed by atoms with van der Waals surface area (Å²) in [5, 5.41) is 10.8. The molecule has 0 radical (unpaired) electrons. The molecule has 7 nitrogen and oxygen atoms in total. The number of rotatable bonds is 4. The van der Waals surface area contributed by atoms with Crippen LogP contribution in [0.1, 0.15) is 40.1 Å². The topological polar surface area (TPSA) is 95.2 Å². The number of benzene rings is 1. The van der Waals surface area contributed by atoms with E-state index in [2.05, 4.69) is 6.58 Å². The van der Waals surface area contributed by atoms with E-state index in [1.807, 2.05) is 0 Å². The quantitative estimate of drug-likeness (QED) is 0.660. The Morgan fingerprint density at radius 2 is 2.08 bits per heavy atom. The highest BCUT2D eigenvalue weighted by atomic mass is 16.7. The van der Waals surface area contributed by atoms with Crippen LogP contribution in [0.15, 0.2) is 35.5 Å². The van der Waals surface area contributed by atoms with Crippen LogP contribution >= 0.6 is 0 Å². The molecule has 1 aliphatic rings. The van der Waals surface area contributed by atoms with Crippen molar-refractivity contribution in [3.63, 3.8) is 0 Å². The van der Waals surface area contributed by atoms with Crippen LogP contribution in [-0.2, 0) is 15.9 Å². The Balaban J connectivity index is 2.46. The van der Waals surface area contributed by atoms with Crippen molar-refractivity contribution in [1.82, 2.24) is 0 Å². The van der Waals surface area contributed by atoms with Crippen molar-refractivity contribution in [3.8, 4) is 22.8 Å². The third kappa shape index (κ3) is 2.71. The molecule has 7 heteroatoms. The predicted molar refractivity (Wildman–Crippen MR) is 91.2 cm³/mol. The minimum absolute atomic E-state index is 0.00525. The van der Waals surface area contributed by atoms with Crippen molar-refractivity contribution >= 4 is 11.9 Å². The van der Waals surface area contributed by atoms with Gasteiger partial charge in [-0.15, -0.1) is 6.58 Å². The normalized spacial score (nSPS) is 14.8. The van der Waals surface area contributed by atoms with Gasteiger partial charge in [-0.1, -0.05) is 6.08 Å². The molecule has 0 bridgehead atoms. The Kier molecular flexibility index (Phi) is 4.23. The maximum absolute atomic E-state index is 12.7. The number of furan rings is 1. The van der Waals surface area contributed by atoms with Crippen LogP contribution in [0, 0.1) is 0 Å². The van der Waals surface area contributed by atoms with E-state index in [4.69, 9.17) is 18.6 Å². The van der Waals surface area contributed by atoms with E-state index < -0.39 is 17.7 Å². The fourth-order valence-electron chi connectivity index (χ4n) is 2.92. The number of cyclic esters (lactones) is 1. The van der Waals surface area contributed by atoms with Crippen LogP contribution < -0.4 is 4.74 Å². The molecule has 0 spiro atoms. The van der Waals surface area contributed by atoms with E-state index in [-0.39, 0.29) is 45.9 Å². The maximum Gasteiger partial charge on any atom is 0.345 e. The molecule has 3 rings (SSSR count). The summed E-state index contributed by atoms with van der Waals surface area (Å²) in [6.45, 7) is 6.80. The molecule has 2 heterocycles. The largest absolute Gasteiger partial charge is 0.507 e. The van der Waals surface area contributed by atoms with Crippen molar-refractivity contribution in [3.05, 3.63) is 47.7 Å². The van der Waals surface area contributed by atoms with Gasteiger partial charge in [-0.3, -0.25) is 0 Å². The van der Waals surface area contributed by atoms with Gasteiger partial charge in [0.25, 0.3) is 0 Å². The van der Waals surface area contributed by atoms with Crippen molar-refractivity contribution in [2.24, 2.45) is 0 Å². The summed E-state index contributed by atoms with van der Waals surface area (Å²) in [7, 11) is 1.18. The molecule has 1 aromatic carbocycles. The van der Waals surface area contributed by atoms with Crippen LogP contribution in [0.2, 0.25) is 0 Å². The van der Waals surface area contributed by atoms with E-state index in [0.29, 0.717) is 0 Å². The number of phenols is 1. The Hall–Kier alpha value is -3.22. The molecule has 0 aliphatic carbocycles. The highest BCUT2D eigenvalue weighted by Gasteiger charge is 2.42. The number of carbonyl (C=O) groups is 2. The average molecular weight is 358 g/mol. The number of carbonyl (C=O) groups excluding carboxylic acids is 2. The molecule has 26 heavy (non-hydrogen) atoms. The fraction of sp³-hybridized carbons (Fsp3) is 0.263. The lowest BCUT2D eigenvalue weighted by Crippen LogP contribution is -2.40. The molecule has 0 atom stereocenters. The van der Waals surface area contributed by atoms with Crippen molar-refractivity contribution in [2.45, 2.75) is 26.1 Å². The lowest BCUT2D eigenvalue weighted by Gasteiger charge is -2.34. The van der Waals surface area contributed by atoms with Crippen molar-refractivity contribution in [1.29, 1.82) is 0 Å². The first-order valence-electron chi connectivity index (χ1n) is 7.88. The van der Waals surface area contributed by atoms with E-state index in [1.54, 1.807) is 26.0 Å². The summed E-state index contributed by atoms with van der Waals surface area (Å²) >= 11 is 0. The van der Waals surface area contributed by atoms with Crippen LogP contribution in [0.4, 0.5) is 0 Å². The van der Waals surface area contributed by atoms with Crippen LogP contribution in [0.5, 0.6) is 11.5 Å². The number of phenolic OH excluding ortho intramolecular Hbond substituents is 1. The Labute approximate surface area is 149 Å². The number of hydrogen-bond acceptors (Lipinski definition) is 7. The maximum atomic E-state index is 12.7. The van der Waals surface area contributed by atoms with Gasteiger partial charge in [0.1, 0.15) is 28.4 Å². The third-order valence-electron chi connectivity index (χ3n) is 3.92. The number of hydrogen-bond donors (Lipinski definition) is 1. The molecule has 0 saturated carbocycles. The first-order valence-corrected chi connectivity index (χ1v) is 7.88. The van der Waals surface area contributed by atoms with Crippen LogP contribution in [0.3, 0.4) is 0 Å². The molecule has 1 aliphatic heterocycles. The first kappa shape index (κ1) is 17.6. The minimum atomic E-state index is -1.24. The molecular weight excluding hydrogens is 340 g/mol. The van der Waals surface area contributed by atoms with E-state index in [1.165, 1.54) is 19.4 Å². The lowest BCUT2D eigenvalue weighted by molar-refractivity contribution is -0.127. The number of aromatic hydroxyl groups is 1. The highest BCUT2D eigenvalue weighted by Crippen LogP contribution is 2.47. The summed E-state index contributed by atoms with van der Waals surface area (Å²) in [6.07, 6.45) is 3.08. The summed E-state index contributed by atoms with van der Waals surface area (Å²) in [6, 6.07) is 3.15. The summed E-state index contributed by atoms with van der Waals surface area (Å²) in [5.74, 6) is -2.78. The van der Waals surface area contributed by atoms with Gasteiger partial charge >= 0.3 is 11.9 Å². The average Bonchev–Trinajstić information content (AvgIpc) is 3.09. The second kappa shape index (κ2) is 6.25. The van der Waals surface area contributed by atoms with Crippen molar-refractivity contribution < 1.29 is 33.3 Å². The monoisotopic (exact) mass is 358 g/mol. The van der Waals surface area contributed by atoms with Gasteiger partial charge < -0.3 is 23.7 Å². The smallest absolute Gasteiger partial charge is 0.345 e. The number of fused-ring (bicyclic) bond motifs is 1. The molecule has 0 unspecified atom stereocenters. The molecule has 1 aromatic heterocycles. The zero-order valence-electron chi connectivity index (χ0n) is 14.6. The minimum Gasteiger partial charge on any atom is -0.507 e. The zero-order valence-corrected chi connectivity index (χ0v) is 14.6. The van der Waals surface area contributed by atoms with Crippen molar-refractivity contribution in [2.75, 3.05) is 7.11 Å². The molecule has 0 saturated heterocycles. The molecule has 2 aromatic rings. The van der Waals surface area contributed by atoms with Gasteiger partial charge in [-0.25, -0.2) is 9.59 Å². The standard InChI is InChI=1S/C19H18O7/c1-5-7-10-15(20)13(17(21)23-4)12(11-8-6-9-24-11)14-16(10)25-19(2,3)26-18(14)22/h5-6,8-9,20H,1,7H2,2-4H3. The Morgan fingerprint density at radius 1 is 1.35 bits per heavy atom. The molecule has 1 N–H and O–H groups in total. The number of ether oxygens (including phenoxy) is 3. The fourth-order valence-corrected chi connectivity index (χ4v) is 2.92. The molecular formula is C19H18O7. The zero-order chi connectivity index (χ0) is 19.1. The van der Waals surface area contributed by atoms with Crippen LogP contribution in [0.25, 0.3) is 11.3 Å². The molecule has 0 fully saturated rings. The van der Waals surface area contributed by atoms with Gasteiger partial charge in [0.05, 0.1) is 18.9 Å². The van der Waals surface area contributed by atoms with E-state index in [0.717, 1.165) is 0 Å². The Bertz CT molecular complexity index is 891. The summed E-state index contributed by atoms with van der Waals surface area (Å²) in [4.78, 5) is 25.1. The van der Waals surface area contributed by atoms with E-state index in [9.17, 15) is 14.7 Å². The third-order valence-corrected chi connectivity index (χ3v) is 3.92. The second-order valence-electron chi connectivity index (χ2n) is 6.13. The van der Waals surface area contributed by atoms with Gasteiger partial charge in [0.15, 0.2) is 0 Å². The number of allylic oxidation sites excluding steroid dienone is 1. The van der Waals surface area contributed by atoms with Gasteiger partial charge in [-0.05, 0) is 18.6 Å². The number of esters is 2. The van der Waals surface area contributed by atoms with Gasteiger partial charge in [0.2, 0.25) is 5.79 Å². The highest BCUT2D eigenvalue weighted by molar-refractivity contribution is 6.10. The Morgan fingerprint density at radius 3 is 2.65 bits per heavy atom. The summed E-state index contributed by atoms with van der Waals surface area (Å²) < 4.78 is 21.3. The van der Waals surface area contributed by atoms with E-state index >= 15 is 0 Å². The molecule has 0 amide bonds. The lowest BCUT2D eigenvalue weighted by atomic mass is 9.91. The molecule has 136 valence electrons. The summed E-state index contributed by atoms with van der Waals surface area (Å²) in [5.41, 5.74) is 0.103. The number of methoxy groups -OCH3 is 1. The van der Waals surface area contributed by atoms with Gasteiger partial charge in [0, 0.05) is 19.4 Å². The van der Waals surface area contributed by atoms with Gasteiger partial charge in [-0.2, -0.15) is 0 Å². The second-order valence-corrected chi connectivity index (χ2v) is 6.13.